The van der Waals surface area contributed by atoms with E-state index in [9.17, 15) is 4.79 Å². The first-order valence-electron chi connectivity index (χ1n) is 6.12. The van der Waals surface area contributed by atoms with Gasteiger partial charge in [-0.3, -0.25) is 4.79 Å². The Labute approximate surface area is 116 Å². The van der Waals surface area contributed by atoms with Gasteiger partial charge in [0.15, 0.2) is 0 Å². The highest BCUT2D eigenvalue weighted by Crippen LogP contribution is 2.24. The number of aliphatic hydroxyl groups is 1. The van der Waals surface area contributed by atoms with Crippen LogP contribution in [0.2, 0.25) is 5.15 Å². The number of aromatic nitrogens is 1. The molecule has 0 unspecified atom stereocenters. The van der Waals surface area contributed by atoms with Crippen LogP contribution in [0, 0.1) is 0 Å². The van der Waals surface area contributed by atoms with E-state index in [0.717, 1.165) is 10.8 Å². The lowest BCUT2D eigenvalue weighted by molar-refractivity contribution is 0.0916. The number of nitrogens with one attached hydrogen (secondary N) is 1. The maximum Gasteiger partial charge on any atom is 0.253 e. The van der Waals surface area contributed by atoms with E-state index < -0.39 is 0 Å². The summed E-state index contributed by atoms with van der Waals surface area (Å²) in [5, 5.41) is 13.8. The third kappa shape index (κ3) is 2.85. The van der Waals surface area contributed by atoms with E-state index in [4.69, 9.17) is 16.7 Å². The molecule has 0 radical (unpaired) electrons. The van der Waals surface area contributed by atoms with Crippen molar-refractivity contribution < 1.29 is 9.90 Å². The van der Waals surface area contributed by atoms with E-state index in [2.05, 4.69) is 10.3 Å². The zero-order chi connectivity index (χ0) is 13.8. The van der Waals surface area contributed by atoms with E-state index >= 15 is 0 Å². The Hall–Kier alpha value is -1.65. The fourth-order valence-electron chi connectivity index (χ4n) is 1.88. The number of benzene rings is 1. The highest BCUT2D eigenvalue weighted by Gasteiger charge is 2.15. The first-order chi connectivity index (χ1) is 9.17. The van der Waals surface area contributed by atoms with Crippen molar-refractivity contribution in [1.29, 1.82) is 0 Å². The Morgan fingerprint density at radius 2 is 2.11 bits per heavy atom. The quantitative estimate of drug-likeness (QED) is 0.844. The number of fused-ring (bicyclic) bond motifs is 1. The molecule has 1 atom stereocenters. The summed E-state index contributed by atoms with van der Waals surface area (Å²) >= 11 is 6.01. The number of hydrogen-bond donors (Lipinski definition) is 2. The van der Waals surface area contributed by atoms with Gasteiger partial charge in [-0.25, -0.2) is 4.98 Å². The SMILES string of the molecule is CC[C@@H](CO)NC(=O)c1cnc(Cl)c2ccccc12. The number of hydrogen-bond acceptors (Lipinski definition) is 3. The van der Waals surface area contributed by atoms with Gasteiger partial charge in [0, 0.05) is 11.6 Å². The molecule has 0 aliphatic heterocycles. The van der Waals surface area contributed by atoms with Crippen LogP contribution >= 0.6 is 11.6 Å². The molecular formula is C14H15ClN2O2. The van der Waals surface area contributed by atoms with E-state index in [0.29, 0.717) is 17.1 Å². The van der Waals surface area contributed by atoms with Crippen LogP contribution in [-0.2, 0) is 0 Å². The van der Waals surface area contributed by atoms with Gasteiger partial charge in [0.05, 0.1) is 18.2 Å². The molecule has 100 valence electrons. The zero-order valence-corrected chi connectivity index (χ0v) is 11.3. The number of rotatable bonds is 4. The van der Waals surface area contributed by atoms with Gasteiger partial charge in [-0.1, -0.05) is 42.8 Å². The molecule has 2 rings (SSSR count). The molecule has 2 aromatic rings. The van der Waals surface area contributed by atoms with Gasteiger partial charge in [-0.05, 0) is 11.8 Å². The Bertz CT molecular complexity index is 597. The average Bonchev–Trinajstić information content (AvgIpc) is 2.45. The largest absolute Gasteiger partial charge is 0.394 e. The predicted molar refractivity (Wildman–Crippen MR) is 75.4 cm³/mol. The molecule has 1 heterocycles. The molecule has 4 nitrogen and oxygen atoms in total. The second-order valence-corrected chi connectivity index (χ2v) is 4.63. The molecule has 0 aliphatic rings. The van der Waals surface area contributed by atoms with Crippen LogP contribution in [0.5, 0.6) is 0 Å². The average molecular weight is 279 g/mol. The number of pyridine rings is 1. The summed E-state index contributed by atoms with van der Waals surface area (Å²) in [6.07, 6.45) is 2.13. The highest BCUT2D eigenvalue weighted by molar-refractivity contribution is 6.34. The second kappa shape index (κ2) is 5.99. The Balaban J connectivity index is 2.40. The Morgan fingerprint density at radius 3 is 2.74 bits per heavy atom. The van der Waals surface area contributed by atoms with Gasteiger partial charge in [0.2, 0.25) is 0 Å². The van der Waals surface area contributed by atoms with Crippen molar-refractivity contribution in [3.8, 4) is 0 Å². The molecule has 19 heavy (non-hydrogen) atoms. The fourth-order valence-corrected chi connectivity index (χ4v) is 2.09. The summed E-state index contributed by atoms with van der Waals surface area (Å²) in [4.78, 5) is 16.2. The van der Waals surface area contributed by atoms with Crippen LogP contribution < -0.4 is 5.32 Å². The van der Waals surface area contributed by atoms with Crippen LogP contribution in [0.3, 0.4) is 0 Å². The molecule has 0 aliphatic carbocycles. The third-order valence-corrected chi connectivity index (χ3v) is 3.34. The van der Waals surface area contributed by atoms with Crippen LogP contribution in [-0.4, -0.2) is 28.6 Å². The minimum absolute atomic E-state index is 0.0822. The van der Waals surface area contributed by atoms with Crippen LogP contribution in [0.1, 0.15) is 23.7 Å². The van der Waals surface area contributed by atoms with E-state index in [1.54, 1.807) is 0 Å². The van der Waals surface area contributed by atoms with Crippen molar-refractivity contribution >= 4 is 28.3 Å². The van der Waals surface area contributed by atoms with Crippen molar-refractivity contribution in [2.75, 3.05) is 6.61 Å². The number of amides is 1. The zero-order valence-electron chi connectivity index (χ0n) is 10.6. The van der Waals surface area contributed by atoms with Gasteiger partial charge in [0.25, 0.3) is 5.91 Å². The van der Waals surface area contributed by atoms with Gasteiger partial charge in [-0.15, -0.1) is 0 Å². The molecule has 0 saturated heterocycles. The highest BCUT2D eigenvalue weighted by atomic mass is 35.5. The summed E-state index contributed by atoms with van der Waals surface area (Å²) in [6, 6.07) is 7.10. The minimum Gasteiger partial charge on any atom is -0.394 e. The molecule has 5 heteroatoms. The molecule has 0 spiro atoms. The normalized spacial score (nSPS) is 12.4. The topological polar surface area (TPSA) is 62.2 Å². The molecule has 0 saturated carbocycles. The van der Waals surface area contributed by atoms with Crippen molar-refractivity contribution in [2.24, 2.45) is 0 Å². The molecular weight excluding hydrogens is 264 g/mol. The standard InChI is InChI=1S/C14H15ClN2O2/c1-2-9(8-18)17-14(19)12-7-16-13(15)11-6-4-3-5-10(11)12/h3-7,9,18H,2,8H2,1H3,(H,17,19)/t9-/m0/s1. The molecule has 1 aromatic heterocycles. The summed E-state index contributed by atoms with van der Waals surface area (Å²) in [7, 11) is 0. The molecule has 1 aromatic carbocycles. The van der Waals surface area contributed by atoms with Crippen LogP contribution in [0.4, 0.5) is 0 Å². The van der Waals surface area contributed by atoms with E-state index in [1.807, 2.05) is 31.2 Å². The first-order valence-corrected chi connectivity index (χ1v) is 6.50. The number of nitrogens with zero attached hydrogens (tertiary/aromatic N) is 1. The third-order valence-electron chi connectivity index (χ3n) is 3.04. The van der Waals surface area contributed by atoms with Gasteiger partial charge in [0.1, 0.15) is 5.15 Å². The van der Waals surface area contributed by atoms with E-state index in [-0.39, 0.29) is 18.6 Å². The Morgan fingerprint density at radius 1 is 1.42 bits per heavy atom. The molecule has 2 N–H and O–H groups in total. The summed E-state index contributed by atoms with van der Waals surface area (Å²) in [5.41, 5.74) is 0.465. The lowest BCUT2D eigenvalue weighted by atomic mass is 10.1. The lowest BCUT2D eigenvalue weighted by Crippen LogP contribution is -2.37. The first kappa shape index (κ1) is 13.8. The maximum atomic E-state index is 12.2. The van der Waals surface area contributed by atoms with E-state index in [1.165, 1.54) is 6.20 Å². The lowest BCUT2D eigenvalue weighted by Gasteiger charge is -2.15. The van der Waals surface area contributed by atoms with Crippen LogP contribution in [0.25, 0.3) is 10.8 Å². The number of halogens is 1. The van der Waals surface area contributed by atoms with Crippen molar-refractivity contribution in [1.82, 2.24) is 10.3 Å². The van der Waals surface area contributed by atoms with Crippen molar-refractivity contribution in [2.45, 2.75) is 19.4 Å². The van der Waals surface area contributed by atoms with Crippen molar-refractivity contribution in [3.63, 3.8) is 0 Å². The number of carbonyl (C=O) groups is 1. The monoisotopic (exact) mass is 278 g/mol. The maximum absolute atomic E-state index is 12.2. The predicted octanol–water partition coefficient (Wildman–Crippen LogP) is 2.39. The molecule has 1 amide bonds. The van der Waals surface area contributed by atoms with Gasteiger partial charge in [-0.2, -0.15) is 0 Å². The second-order valence-electron chi connectivity index (χ2n) is 4.27. The molecule has 0 bridgehead atoms. The van der Waals surface area contributed by atoms with Crippen LogP contribution in [0.15, 0.2) is 30.5 Å². The van der Waals surface area contributed by atoms with Crippen molar-refractivity contribution in [3.05, 3.63) is 41.2 Å². The molecule has 0 fully saturated rings. The summed E-state index contributed by atoms with van der Waals surface area (Å²) < 4.78 is 0. The van der Waals surface area contributed by atoms with Gasteiger partial charge < -0.3 is 10.4 Å². The summed E-state index contributed by atoms with van der Waals surface area (Å²) in [6.45, 7) is 1.82. The van der Waals surface area contributed by atoms with Gasteiger partial charge >= 0.3 is 0 Å². The fraction of sp³-hybridized carbons (Fsp3) is 0.286. The Kier molecular flexibility index (Phi) is 4.35. The number of aliphatic hydroxyl groups excluding tert-OH is 1. The number of carbonyl (C=O) groups excluding carboxylic acids is 1. The smallest absolute Gasteiger partial charge is 0.253 e. The summed E-state index contributed by atoms with van der Waals surface area (Å²) in [5.74, 6) is -0.249. The minimum atomic E-state index is -0.249.